The largest absolute Gasteiger partial charge is 0.296 e. The monoisotopic (exact) mass is 151 g/mol. The lowest BCUT2D eigenvalue weighted by atomic mass is 10.4. The van der Waals surface area contributed by atoms with Crippen LogP contribution in [-0.4, -0.2) is 5.91 Å². The number of amides is 1. The van der Waals surface area contributed by atoms with Crippen LogP contribution in [0.4, 0.5) is 0 Å². The van der Waals surface area contributed by atoms with Crippen LogP contribution in [0.1, 0.15) is 6.42 Å². The van der Waals surface area contributed by atoms with E-state index < -0.39 is 0 Å². The van der Waals surface area contributed by atoms with Crippen LogP contribution in [-0.2, 0) is 4.79 Å². The highest BCUT2D eigenvalue weighted by Gasteiger charge is 1.98. The van der Waals surface area contributed by atoms with Gasteiger partial charge in [0.1, 0.15) is 0 Å². The molecule has 0 aromatic rings. The number of carbonyl (C=O) groups excluding carboxylic acids is 1. The minimum atomic E-state index is 0. The normalized spacial score (nSPS) is 16.8. The van der Waals surface area contributed by atoms with Crippen LogP contribution >= 0.6 is 24.4 Å². The molecule has 8 heavy (non-hydrogen) atoms. The minimum Gasteiger partial charge on any atom is -0.296 e. The van der Waals surface area contributed by atoms with Crippen molar-refractivity contribution in [3.63, 3.8) is 0 Å². The van der Waals surface area contributed by atoms with E-state index in [2.05, 4.69) is 4.72 Å². The highest BCUT2D eigenvalue weighted by Crippen LogP contribution is 2.03. The van der Waals surface area contributed by atoms with Crippen molar-refractivity contribution in [3.05, 3.63) is 11.5 Å². The molecule has 0 spiro atoms. The Balaban J connectivity index is 0.000000490. The molecule has 1 rings (SSSR count). The lowest BCUT2D eigenvalue weighted by molar-refractivity contribution is -0.118. The van der Waals surface area contributed by atoms with Crippen LogP contribution in [0, 0.1) is 0 Å². The second kappa shape index (κ2) is 3.80. The molecule has 0 saturated heterocycles. The SMILES string of the molecule is Cl.O=C1CC=CSN1. The highest BCUT2D eigenvalue weighted by molar-refractivity contribution is 8.00. The second-order valence-electron chi connectivity index (χ2n) is 1.22. The number of nitrogens with one attached hydrogen (secondary N) is 1. The third-order valence-corrected chi connectivity index (χ3v) is 1.31. The van der Waals surface area contributed by atoms with E-state index in [1.165, 1.54) is 11.9 Å². The smallest absolute Gasteiger partial charge is 0.233 e. The first-order valence-corrected chi connectivity index (χ1v) is 2.87. The lowest BCUT2D eigenvalue weighted by Gasteiger charge is -2.00. The van der Waals surface area contributed by atoms with Gasteiger partial charge in [-0.15, -0.1) is 12.4 Å². The number of carbonyl (C=O) groups is 1. The van der Waals surface area contributed by atoms with Crippen molar-refractivity contribution in [2.75, 3.05) is 0 Å². The molecule has 4 heteroatoms. The molecule has 46 valence electrons. The molecular formula is C4H6ClNOS. The predicted octanol–water partition coefficient (Wildman–Crippen LogP) is 1.09. The van der Waals surface area contributed by atoms with E-state index in [0.717, 1.165) is 0 Å². The Morgan fingerprint density at radius 3 is 2.75 bits per heavy atom. The van der Waals surface area contributed by atoms with Crippen molar-refractivity contribution >= 4 is 30.3 Å². The summed E-state index contributed by atoms with van der Waals surface area (Å²) in [4.78, 5) is 10.3. The van der Waals surface area contributed by atoms with Gasteiger partial charge in [0.25, 0.3) is 0 Å². The molecule has 0 atom stereocenters. The topological polar surface area (TPSA) is 29.1 Å². The summed E-state index contributed by atoms with van der Waals surface area (Å²) in [5.41, 5.74) is 0. The first-order valence-electron chi connectivity index (χ1n) is 1.99. The van der Waals surface area contributed by atoms with Gasteiger partial charge < -0.3 is 0 Å². The molecule has 0 radical (unpaired) electrons. The fourth-order valence-corrected chi connectivity index (χ4v) is 0.820. The molecule has 0 bridgehead atoms. The maximum absolute atomic E-state index is 10.3. The van der Waals surface area contributed by atoms with Crippen LogP contribution in [0.15, 0.2) is 11.5 Å². The molecule has 1 heterocycles. The summed E-state index contributed by atoms with van der Waals surface area (Å²) in [6.07, 6.45) is 2.37. The summed E-state index contributed by atoms with van der Waals surface area (Å²) in [6.45, 7) is 0. The number of rotatable bonds is 0. The Labute approximate surface area is 58.3 Å². The Morgan fingerprint density at radius 1 is 1.75 bits per heavy atom. The van der Waals surface area contributed by atoms with Crippen LogP contribution < -0.4 is 4.72 Å². The molecule has 0 unspecified atom stereocenters. The van der Waals surface area contributed by atoms with Crippen molar-refractivity contribution in [1.82, 2.24) is 4.72 Å². The summed E-state index contributed by atoms with van der Waals surface area (Å²) in [6, 6.07) is 0. The third kappa shape index (κ3) is 2.23. The van der Waals surface area contributed by atoms with Crippen molar-refractivity contribution in [3.8, 4) is 0 Å². The van der Waals surface area contributed by atoms with Gasteiger partial charge >= 0.3 is 0 Å². The fraction of sp³-hybridized carbons (Fsp3) is 0.250. The molecule has 1 N–H and O–H groups in total. The maximum Gasteiger partial charge on any atom is 0.233 e. The van der Waals surface area contributed by atoms with Gasteiger partial charge in [-0.1, -0.05) is 6.08 Å². The van der Waals surface area contributed by atoms with Gasteiger partial charge in [-0.3, -0.25) is 9.52 Å². The summed E-state index contributed by atoms with van der Waals surface area (Å²) >= 11 is 1.32. The van der Waals surface area contributed by atoms with E-state index in [4.69, 9.17) is 0 Å². The van der Waals surface area contributed by atoms with Crippen molar-refractivity contribution in [2.45, 2.75) is 6.42 Å². The van der Waals surface area contributed by atoms with E-state index in [-0.39, 0.29) is 18.3 Å². The van der Waals surface area contributed by atoms with Crippen LogP contribution in [0.25, 0.3) is 0 Å². The van der Waals surface area contributed by atoms with Gasteiger partial charge in [0.05, 0.1) is 0 Å². The average Bonchev–Trinajstić information content (AvgIpc) is 1.69. The van der Waals surface area contributed by atoms with E-state index in [1.807, 2.05) is 11.5 Å². The lowest BCUT2D eigenvalue weighted by Crippen LogP contribution is -2.15. The second-order valence-corrected chi connectivity index (χ2v) is 1.93. The Morgan fingerprint density at radius 2 is 2.50 bits per heavy atom. The first-order chi connectivity index (χ1) is 3.39. The molecule has 0 saturated carbocycles. The maximum atomic E-state index is 10.3. The fourth-order valence-electron chi connectivity index (χ4n) is 0.345. The zero-order valence-electron chi connectivity index (χ0n) is 4.09. The quantitative estimate of drug-likeness (QED) is 0.526. The standard InChI is InChI=1S/C4H5NOS.ClH/c6-4-2-1-3-7-5-4;/h1,3H,2H2,(H,5,6);1H. The van der Waals surface area contributed by atoms with E-state index in [9.17, 15) is 4.79 Å². The van der Waals surface area contributed by atoms with Crippen molar-refractivity contribution in [2.24, 2.45) is 0 Å². The molecule has 0 aromatic carbocycles. The molecule has 2 nitrogen and oxygen atoms in total. The molecule has 1 aliphatic rings. The van der Waals surface area contributed by atoms with Gasteiger partial charge in [0.2, 0.25) is 5.91 Å². The molecular weight excluding hydrogens is 146 g/mol. The Bertz CT molecular complexity index is 115. The predicted molar refractivity (Wildman–Crippen MR) is 36.7 cm³/mol. The summed E-state index contributed by atoms with van der Waals surface area (Å²) < 4.78 is 2.57. The average molecular weight is 152 g/mol. The van der Waals surface area contributed by atoms with Gasteiger partial charge in [0.15, 0.2) is 0 Å². The number of halogens is 1. The minimum absolute atomic E-state index is 0. The summed E-state index contributed by atoms with van der Waals surface area (Å²) in [7, 11) is 0. The third-order valence-electron chi connectivity index (χ3n) is 0.640. The van der Waals surface area contributed by atoms with Gasteiger partial charge in [-0.05, 0) is 17.4 Å². The Kier molecular flexibility index (Phi) is 3.73. The van der Waals surface area contributed by atoms with E-state index in [0.29, 0.717) is 6.42 Å². The summed E-state index contributed by atoms with van der Waals surface area (Å²) in [5, 5.41) is 1.86. The number of hydrogen-bond donors (Lipinski definition) is 1. The van der Waals surface area contributed by atoms with Gasteiger partial charge in [-0.25, -0.2) is 0 Å². The van der Waals surface area contributed by atoms with E-state index >= 15 is 0 Å². The van der Waals surface area contributed by atoms with Gasteiger partial charge in [-0.2, -0.15) is 0 Å². The van der Waals surface area contributed by atoms with Crippen LogP contribution in [0.5, 0.6) is 0 Å². The van der Waals surface area contributed by atoms with Crippen molar-refractivity contribution < 1.29 is 4.79 Å². The molecule has 0 aliphatic carbocycles. The molecule has 0 fully saturated rings. The van der Waals surface area contributed by atoms with Crippen LogP contribution in [0.2, 0.25) is 0 Å². The molecule has 0 aromatic heterocycles. The number of hydrogen-bond acceptors (Lipinski definition) is 2. The zero-order valence-corrected chi connectivity index (χ0v) is 5.72. The van der Waals surface area contributed by atoms with Gasteiger partial charge in [0, 0.05) is 6.42 Å². The Hall–Kier alpha value is -0.150. The van der Waals surface area contributed by atoms with E-state index in [1.54, 1.807) is 0 Å². The first kappa shape index (κ1) is 7.85. The molecule has 1 aliphatic heterocycles. The highest BCUT2D eigenvalue weighted by atomic mass is 35.5. The summed E-state index contributed by atoms with van der Waals surface area (Å²) in [5.74, 6) is 0.0903. The zero-order chi connectivity index (χ0) is 5.11. The molecule has 1 amide bonds. The van der Waals surface area contributed by atoms with Crippen LogP contribution in [0.3, 0.4) is 0 Å². The van der Waals surface area contributed by atoms with Crippen molar-refractivity contribution in [1.29, 1.82) is 0 Å².